The number of carbonyl (C=O) groups is 2. The zero-order valence-corrected chi connectivity index (χ0v) is 16.5. The van der Waals surface area contributed by atoms with E-state index in [1.165, 1.54) is 10.6 Å². The van der Waals surface area contributed by atoms with E-state index in [-0.39, 0.29) is 18.4 Å². The second-order valence-electron chi connectivity index (χ2n) is 7.06. The van der Waals surface area contributed by atoms with E-state index in [1.807, 2.05) is 26.2 Å². The molecule has 1 aromatic carbocycles. The number of halogens is 1. The lowest BCUT2D eigenvalue weighted by Crippen LogP contribution is -3.11. The third-order valence-corrected chi connectivity index (χ3v) is 5.61. The fourth-order valence-electron chi connectivity index (χ4n) is 3.70. The van der Waals surface area contributed by atoms with Crippen molar-refractivity contribution < 1.29 is 14.5 Å². The number of nitrogens with one attached hydrogen (secondary N) is 3. The third-order valence-electron chi connectivity index (χ3n) is 5.20. The van der Waals surface area contributed by atoms with E-state index >= 15 is 0 Å². The summed E-state index contributed by atoms with van der Waals surface area (Å²) in [6, 6.07) is 9.83. The van der Waals surface area contributed by atoms with Crippen LogP contribution in [0.15, 0.2) is 36.5 Å². The van der Waals surface area contributed by atoms with Crippen molar-refractivity contribution >= 4 is 29.1 Å². The zero-order valence-electron chi connectivity index (χ0n) is 15.7. The Kier molecular flexibility index (Phi) is 6.19. The molecule has 3 rings (SSSR count). The average molecular weight is 390 g/mol. The van der Waals surface area contributed by atoms with E-state index in [9.17, 15) is 9.59 Å². The van der Waals surface area contributed by atoms with Crippen LogP contribution in [-0.2, 0) is 16.6 Å². The van der Waals surface area contributed by atoms with Gasteiger partial charge in [-0.05, 0) is 36.8 Å². The molecule has 1 saturated heterocycles. The van der Waals surface area contributed by atoms with Crippen molar-refractivity contribution in [2.45, 2.75) is 25.8 Å². The van der Waals surface area contributed by atoms with Crippen LogP contribution in [0.4, 0.5) is 5.69 Å². The summed E-state index contributed by atoms with van der Waals surface area (Å²) >= 11 is 6.06. The topological polar surface area (TPSA) is 67.6 Å². The Morgan fingerprint density at radius 3 is 2.81 bits per heavy atom. The second kappa shape index (κ2) is 8.59. The molecule has 1 aromatic heterocycles. The van der Waals surface area contributed by atoms with Crippen molar-refractivity contribution in [1.82, 2.24) is 9.88 Å². The highest BCUT2D eigenvalue weighted by Gasteiger charge is 2.32. The van der Waals surface area contributed by atoms with Crippen LogP contribution < -0.4 is 15.5 Å². The smallest absolute Gasteiger partial charge is 0.275 e. The molecule has 2 amide bonds. The first-order chi connectivity index (χ1) is 13.0. The Balaban J connectivity index is 1.50. The van der Waals surface area contributed by atoms with Crippen LogP contribution in [0.25, 0.3) is 0 Å². The summed E-state index contributed by atoms with van der Waals surface area (Å²) in [4.78, 5) is 25.7. The van der Waals surface area contributed by atoms with Gasteiger partial charge in [-0.3, -0.25) is 9.59 Å². The maximum Gasteiger partial charge on any atom is 0.275 e. The van der Waals surface area contributed by atoms with Gasteiger partial charge in [0, 0.05) is 36.8 Å². The van der Waals surface area contributed by atoms with Crippen LogP contribution in [0.1, 0.15) is 30.1 Å². The van der Waals surface area contributed by atoms with Crippen LogP contribution >= 0.6 is 11.6 Å². The molecule has 7 heteroatoms. The van der Waals surface area contributed by atoms with Gasteiger partial charge in [0.2, 0.25) is 5.91 Å². The Labute approximate surface area is 164 Å². The van der Waals surface area contributed by atoms with E-state index < -0.39 is 0 Å². The molecular weight excluding hydrogens is 364 g/mol. The number of rotatable bonds is 6. The zero-order chi connectivity index (χ0) is 19.4. The predicted molar refractivity (Wildman–Crippen MR) is 106 cm³/mol. The van der Waals surface area contributed by atoms with Gasteiger partial charge in [0.15, 0.2) is 6.54 Å². The van der Waals surface area contributed by atoms with Crippen molar-refractivity contribution in [3.8, 4) is 0 Å². The SMILES string of the molecule is Cc1c(Cl)cccc1NC(=O)CNC(=O)C[NH+]1CCC[C@H]1c1cccn1C. The van der Waals surface area contributed by atoms with Gasteiger partial charge in [-0.1, -0.05) is 17.7 Å². The molecule has 2 heterocycles. The van der Waals surface area contributed by atoms with Crippen LogP contribution in [-0.4, -0.2) is 36.0 Å². The standard InChI is InChI=1S/C20H25ClN4O2/c1-14-15(21)6-3-7-16(14)23-19(26)12-22-20(27)13-25-11-5-9-18(25)17-8-4-10-24(17)2/h3-4,6-8,10,18H,5,9,11-13H2,1-2H3,(H,22,27)(H,23,26)/p+1/t18-/m0/s1. The monoisotopic (exact) mass is 389 g/mol. The molecule has 3 N–H and O–H groups in total. The summed E-state index contributed by atoms with van der Waals surface area (Å²) in [5.41, 5.74) is 2.73. The van der Waals surface area contributed by atoms with Crippen LogP contribution in [0.5, 0.6) is 0 Å². The normalized spacial score (nSPS) is 19.1. The summed E-state index contributed by atoms with van der Waals surface area (Å²) in [6.07, 6.45) is 4.22. The van der Waals surface area contributed by atoms with Crippen LogP contribution in [0, 0.1) is 6.92 Å². The highest BCUT2D eigenvalue weighted by Crippen LogP contribution is 2.22. The number of nitrogens with zero attached hydrogens (tertiary/aromatic N) is 1. The van der Waals surface area contributed by atoms with Crippen molar-refractivity contribution in [2.75, 3.05) is 25.0 Å². The molecular formula is C20H26ClN4O2+. The van der Waals surface area contributed by atoms with Gasteiger partial charge >= 0.3 is 0 Å². The summed E-state index contributed by atoms with van der Waals surface area (Å²) in [5, 5.41) is 6.12. The molecule has 0 spiro atoms. The predicted octanol–water partition coefficient (Wildman–Crippen LogP) is 1.46. The third kappa shape index (κ3) is 4.70. The number of benzene rings is 1. The van der Waals surface area contributed by atoms with Gasteiger partial charge in [0.25, 0.3) is 5.91 Å². The number of quaternary nitrogens is 1. The molecule has 1 aliphatic heterocycles. The molecule has 0 radical (unpaired) electrons. The number of likely N-dealkylation sites (tertiary alicyclic amines) is 1. The summed E-state index contributed by atoms with van der Waals surface area (Å²) in [6.45, 7) is 3.14. The van der Waals surface area contributed by atoms with Gasteiger partial charge in [-0.25, -0.2) is 0 Å². The Morgan fingerprint density at radius 1 is 1.26 bits per heavy atom. The largest absolute Gasteiger partial charge is 0.350 e. The number of carbonyl (C=O) groups excluding carboxylic acids is 2. The van der Waals surface area contributed by atoms with Gasteiger partial charge in [-0.2, -0.15) is 0 Å². The average Bonchev–Trinajstić information content (AvgIpc) is 3.25. The van der Waals surface area contributed by atoms with Gasteiger partial charge in [0.1, 0.15) is 6.04 Å². The van der Waals surface area contributed by atoms with E-state index in [0.717, 1.165) is 24.9 Å². The van der Waals surface area contributed by atoms with Crippen molar-refractivity contribution in [3.05, 3.63) is 52.8 Å². The van der Waals surface area contributed by atoms with Gasteiger partial charge in [0.05, 0.1) is 18.8 Å². The molecule has 2 atom stereocenters. The fourth-order valence-corrected chi connectivity index (χ4v) is 3.88. The molecule has 0 saturated carbocycles. The first-order valence-electron chi connectivity index (χ1n) is 9.23. The van der Waals surface area contributed by atoms with E-state index in [4.69, 9.17) is 11.6 Å². The fraction of sp³-hybridized carbons (Fsp3) is 0.400. The Morgan fingerprint density at radius 2 is 2.07 bits per heavy atom. The van der Waals surface area contributed by atoms with Crippen molar-refractivity contribution in [3.63, 3.8) is 0 Å². The number of hydrogen-bond acceptors (Lipinski definition) is 2. The number of amides is 2. The molecule has 0 bridgehead atoms. The Hall–Kier alpha value is -2.31. The molecule has 1 aliphatic rings. The van der Waals surface area contributed by atoms with Gasteiger partial charge < -0.3 is 20.1 Å². The maximum absolute atomic E-state index is 12.3. The molecule has 27 heavy (non-hydrogen) atoms. The number of hydrogen-bond donors (Lipinski definition) is 3. The van der Waals surface area contributed by atoms with E-state index in [2.05, 4.69) is 21.3 Å². The van der Waals surface area contributed by atoms with Crippen molar-refractivity contribution in [1.29, 1.82) is 0 Å². The molecule has 0 aliphatic carbocycles. The highest BCUT2D eigenvalue weighted by atomic mass is 35.5. The van der Waals surface area contributed by atoms with Gasteiger partial charge in [-0.15, -0.1) is 0 Å². The van der Waals surface area contributed by atoms with Crippen LogP contribution in [0.3, 0.4) is 0 Å². The second-order valence-corrected chi connectivity index (χ2v) is 7.47. The minimum atomic E-state index is -0.260. The van der Waals surface area contributed by atoms with Crippen molar-refractivity contribution in [2.24, 2.45) is 7.05 Å². The summed E-state index contributed by atoms with van der Waals surface area (Å²) < 4.78 is 2.12. The molecule has 144 valence electrons. The lowest BCUT2D eigenvalue weighted by atomic mass is 10.1. The molecule has 2 aromatic rings. The minimum Gasteiger partial charge on any atom is -0.350 e. The maximum atomic E-state index is 12.3. The minimum absolute atomic E-state index is 0.0487. The molecule has 6 nitrogen and oxygen atoms in total. The summed E-state index contributed by atoms with van der Waals surface area (Å²) in [5.74, 6) is -0.367. The molecule has 1 unspecified atom stereocenters. The van der Waals surface area contributed by atoms with E-state index in [0.29, 0.717) is 23.3 Å². The lowest BCUT2D eigenvalue weighted by molar-refractivity contribution is -0.911. The highest BCUT2D eigenvalue weighted by molar-refractivity contribution is 6.31. The lowest BCUT2D eigenvalue weighted by Gasteiger charge is -2.21. The first kappa shape index (κ1) is 19.5. The summed E-state index contributed by atoms with van der Waals surface area (Å²) in [7, 11) is 2.04. The Bertz CT molecular complexity index is 833. The number of aryl methyl sites for hydroxylation is 1. The molecule has 1 fully saturated rings. The first-order valence-corrected chi connectivity index (χ1v) is 9.61. The number of anilines is 1. The quantitative estimate of drug-likeness (QED) is 0.700. The van der Waals surface area contributed by atoms with Crippen LogP contribution in [0.2, 0.25) is 5.02 Å². The number of aromatic nitrogens is 1. The van der Waals surface area contributed by atoms with E-state index in [1.54, 1.807) is 18.2 Å².